The van der Waals surface area contributed by atoms with Crippen LogP contribution < -0.4 is 10.2 Å². The van der Waals surface area contributed by atoms with E-state index in [1.54, 1.807) is 12.1 Å². The molecule has 0 amide bonds. The number of fused-ring (bicyclic) bond motifs is 1. The SMILES string of the molecule is CN(CCNc1ccc2ncc([N+](=O)[O-])n2n1)c1ccccc1. The first-order chi connectivity index (χ1) is 11.1. The summed E-state index contributed by atoms with van der Waals surface area (Å²) in [5, 5.41) is 18.3. The molecule has 3 aromatic rings. The summed E-state index contributed by atoms with van der Waals surface area (Å²) in [6.45, 7) is 1.43. The van der Waals surface area contributed by atoms with Gasteiger partial charge in [-0.15, -0.1) is 0 Å². The average Bonchev–Trinajstić information content (AvgIpc) is 2.99. The minimum atomic E-state index is -0.500. The van der Waals surface area contributed by atoms with Crippen molar-refractivity contribution in [1.82, 2.24) is 14.6 Å². The smallest absolute Gasteiger partial charge is 0.368 e. The van der Waals surface area contributed by atoms with Gasteiger partial charge in [0.1, 0.15) is 6.20 Å². The van der Waals surface area contributed by atoms with E-state index in [4.69, 9.17) is 0 Å². The third kappa shape index (κ3) is 3.20. The van der Waals surface area contributed by atoms with Crippen molar-refractivity contribution in [2.45, 2.75) is 0 Å². The molecular formula is C15H16N6O2. The Balaban J connectivity index is 1.65. The average molecular weight is 312 g/mol. The van der Waals surface area contributed by atoms with E-state index in [2.05, 4.69) is 20.3 Å². The van der Waals surface area contributed by atoms with Crippen LogP contribution in [0.3, 0.4) is 0 Å². The highest BCUT2D eigenvalue weighted by atomic mass is 16.6. The molecule has 0 fully saturated rings. The first-order valence-electron chi connectivity index (χ1n) is 7.14. The molecular weight excluding hydrogens is 296 g/mol. The van der Waals surface area contributed by atoms with Crippen LogP contribution in [0, 0.1) is 10.1 Å². The normalized spacial score (nSPS) is 10.7. The molecule has 2 heterocycles. The molecule has 23 heavy (non-hydrogen) atoms. The molecule has 3 rings (SSSR count). The molecule has 0 atom stereocenters. The number of nitrogens with one attached hydrogen (secondary N) is 1. The maximum Gasteiger partial charge on any atom is 0.368 e. The first-order valence-corrected chi connectivity index (χ1v) is 7.14. The van der Waals surface area contributed by atoms with E-state index in [1.165, 1.54) is 10.7 Å². The molecule has 8 heteroatoms. The van der Waals surface area contributed by atoms with Crippen molar-refractivity contribution < 1.29 is 4.92 Å². The Labute approximate surface area is 132 Å². The number of hydrogen-bond acceptors (Lipinski definition) is 6. The second kappa shape index (κ2) is 6.30. The van der Waals surface area contributed by atoms with Crippen LogP contribution in [0.25, 0.3) is 5.65 Å². The number of para-hydroxylation sites is 1. The van der Waals surface area contributed by atoms with Crippen LogP contribution in [0.1, 0.15) is 0 Å². The van der Waals surface area contributed by atoms with E-state index in [9.17, 15) is 10.1 Å². The second-order valence-electron chi connectivity index (χ2n) is 5.05. The van der Waals surface area contributed by atoms with Gasteiger partial charge in [0.05, 0.1) is 0 Å². The van der Waals surface area contributed by atoms with Crippen molar-refractivity contribution in [1.29, 1.82) is 0 Å². The molecule has 0 aliphatic heterocycles. The quantitative estimate of drug-likeness (QED) is 0.554. The molecule has 0 saturated heterocycles. The predicted molar refractivity (Wildman–Crippen MR) is 87.8 cm³/mol. The van der Waals surface area contributed by atoms with Gasteiger partial charge in [-0.25, -0.2) is 4.98 Å². The lowest BCUT2D eigenvalue weighted by atomic mass is 10.3. The van der Waals surface area contributed by atoms with Gasteiger partial charge in [0, 0.05) is 31.9 Å². The van der Waals surface area contributed by atoms with Crippen LogP contribution in [-0.2, 0) is 0 Å². The summed E-state index contributed by atoms with van der Waals surface area (Å²) in [6.07, 6.45) is 1.20. The van der Waals surface area contributed by atoms with Gasteiger partial charge in [0.15, 0.2) is 5.82 Å². The molecule has 1 aromatic carbocycles. The monoisotopic (exact) mass is 312 g/mol. The van der Waals surface area contributed by atoms with E-state index < -0.39 is 4.92 Å². The van der Waals surface area contributed by atoms with Crippen LogP contribution in [0.5, 0.6) is 0 Å². The minimum Gasteiger partial charge on any atom is -0.373 e. The summed E-state index contributed by atoms with van der Waals surface area (Å²) in [7, 11) is 2.01. The van der Waals surface area contributed by atoms with Crippen molar-refractivity contribution in [2.24, 2.45) is 0 Å². The van der Waals surface area contributed by atoms with Crippen LogP contribution in [0.4, 0.5) is 17.3 Å². The summed E-state index contributed by atoms with van der Waals surface area (Å²) in [5.74, 6) is 0.421. The van der Waals surface area contributed by atoms with Gasteiger partial charge in [-0.05, 0) is 23.1 Å². The summed E-state index contributed by atoms with van der Waals surface area (Å²) < 4.78 is 1.23. The van der Waals surface area contributed by atoms with Gasteiger partial charge in [-0.3, -0.25) is 0 Å². The van der Waals surface area contributed by atoms with Crippen molar-refractivity contribution in [3.05, 3.63) is 58.8 Å². The Kier molecular flexibility index (Phi) is 4.05. The minimum absolute atomic E-state index is 0.148. The number of aromatic nitrogens is 3. The third-order valence-electron chi connectivity index (χ3n) is 3.48. The number of hydrogen-bond donors (Lipinski definition) is 1. The fraction of sp³-hybridized carbons (Fsp3) is 0.200. The number of nitro groups is 1. The Morgan fingerprint density at radius 1 is 1.26 bits per heavy atom. The van der Waals surface area contributed by atoms with Gasteiger partial charge < -0.3 is 20.3 Å². The number of rotatable bonds is 6. The molecule has 0 aliphatic rings. The molecule has 2 aromatic heterocycles. The summed E-state index contributed by atoms with van der Waals surface area (Å²) in [4.78, 5) is 16.5. The topological polar surface area (TPSA) is 88.6 Å². The Morgan fingerprint density at radius 3 is 2.78 bits per heavy atom. The number of imidazole rings is 1. The summed E-state index contributed by atoms with van der Waals surface area (Å²) in [5.41, 5.74) is 1.58. The summed E-state index contributed by atoms with van der Waals surface area (Å²) >= 11 is 0. The largest absolute Gasteiger partial charge is 0.373 e. The molecule has 1 N–H and O–H groups in total. The lowest BCUT2D eigenvalue weighted by molar-refractivity contribution is -0.391. The van der Waals surface area contributed by atoms with E-state index in [-0.39, 0.29) is 5.82 Å². The molecule has 8 nitrogen and oxygen atoms in total. The molecule has 118 valence electrons. The van der Waals surface area contributed by atoms with Gasteiger partial charge in [-0.1, -0.05) is 27.8 Å². The van der Waals surface area contributed by atoms with Crippen molar-refractivity contribution in [2.75, 3.05) is 30.4 Å². The zero-order chi connectivity index (χ0) is 16.2. The highest BCUT2D eigenvalue weighted by Crippen LogP contribution is 2.15. The maximum absolute atomic E-state index is 10.9. The fourth-order valence-electron chi connectivity index (χ4n) is 2.24. The molecule has 0 spiro atoms. The van der Waals surface area contributed by atoms with Gasteiger partial charge in [-0.2, -0.15) is 0 Å². The predicted octanol–water partition coefficient (Wildman–Crippen LogP) is 2.19. The van der Waals surface area contributed by atoms with Gasteiger partial charge >= 0.3 is 5.82 Å². The van der Waals surface area contributed by atoms with Crippen LogP contribution in [0.15, 0.2) is 48.7 Å². The lowest BCUT2D eigenvalue weighted by Gasteiger charge is -2.19. The standard InChI is InChI=1S/C15H16N6O2/c1-19(12-5-3-2-4-6-12)10-9-16-13-7-8-14-17-11-15(21(22)23)20(14)18-13/h2-8,11H,9-10H2,1H3,(H,16,18). The number of likely N-dealkylation sites (N-methyl/N-ethyl adjacent to an activating group) is 1. The lowest BCUT2D eigenvalue weighted by Crippen LogP contribution is -2.25. The van der Waals surface area contributed by atoms with Crippen LogP contribution >= 0.6 is 0 Å². The number of nitrogens with zero attached hydrogens (tertiary/aromatic N) is 5. The fourth-order valence-corrected chi connectivity index (χ4v) is 2.24. The highest BCUT2D eigenvalue weighted by molar-refractivity contribution is 5.49. The molecule has 0 unspecified atom stereocenters. The Hall–Kier alpha value is -3.16. The van der Waals surface area contributed by atoms with E-state index in [1.807, 2.05) is 37.4 Å². The zero-order valence-electron chi connectivity index (χ0n) is 12.6. The van der Waals surface area contributed by atoms with E-state index >= 15 is 0 Å². The van der Waals surface area contributed by atoms with E-state index in [0.717, 1.165) is 12.2 Å². The maximum atomic E-state index is 10.9. The number of anilines is 2. The molecule has 0 radical (unpaired) electrons. The highest BCUT2D eigenvalue weighted by Gasteiger charge is 2.15. The van der Waals surface area contributed by atoms with Gasteiger partial charge in [0.25, 0.3) is 0 Å². The van der Waals surface area contributed by atoms with Crippen molar-refractivity contribution in [3.63, 3.8) is 0 Å². The molecule has 0 bridgehead atoms. The molecule has 0 saturated carbocycles. The van der Waals surface area contributed by atoms with Crippen LogP contribution in [0.2, 0.25) is 0 Å². The van der Waals surface area contributed by atoms with E-state index in [0.29, 0.717) is 18.0 Å². The zero-order valence-corrected chi connectivity index (χ0v) is 12.6. The van der Waals surface area contributed by atoms with Gasteiger partial charge in [0.2, 0.25) is 5.65 Å². The number of benzene rings is 1. The van der Waals surface area contributed by atoms with Crippen LogP contribution in [-0.4, -0.2) is 39.7 Å². The summed E-state index contributed by atoms with van der Waals surface area (Å²) in [6, 6.07) is 13.5. The first kappa shape index (κ1) is 14.8. The Bertz CT molecular complexity index is 817. The van der Waals surface area contributed by atoms with Crippen molar-refractivity contribution in [3.8, 4) is 0 Å². The second-order valence-corrected chi connectivity index (χ2v) is 5.05. The van der Waals surface area contributed by atoms with Crippen molar-refractivity contribution >= 4 is 23.0 Å². The molecule has 0 aliphatic carbocycles. The third-order valence-corrected chi connectivity index (χ3v) is 3.48. The Morgan fingerprint density at radius 2 is 2.04 bits per heavy atom.